The minimum Gasteiger partial charge on any atom is -0.393 e. The molecule has 1 fully saturated rings. The Labute approximate surface area is 119 Å². The number of para-hydroxylation sites is 2. The predicted octanol–water partition coefficient (Wildman–Crippen LogP) is 2.90. The Balaban J connectivity index is 1.72. The number of hydrogen-bond donors (Lipinski definition) is 2. The Morgan fingerprint density at radius 3 is 2.70 bits per heavy atom. The standard InChI is InChI=1S/C16H21N3O/c1-11-16(17-10-12-5-4-6-13(20)9-12)19-15-8-3-2-7-14(15)18-11/h2-3,7-8,12-13,20H,4-6,9-10H2,1H3,(H,17,19). The lowest BCUT2D eigenvalue weighted by molar-refractivity contribution is 0.104. The summed E-state index contributed by atoms with van der Waals surface area (Å²) in [6.45, 7) is 2.85. The van der Waals surface area contributed by atoms with Gasteiger partial charge in [-0.05, 0) is 44.2 Å². The van der Waals surface area contributed by atoms with Crippen molar-refractivity contribution in [3.8, 4) is 0 Å². The van der Waals surface area contributed by atoms with Crippen LogP contribution in [0, 0.1) is 12.8 Å². The van der Waals surface area contributed by atoms with Gasteiger partial charge in [0.05, 0.1) is 22.8 Å². The monoisotopic (exact) mass is 271 g/mol. The van der Waals surface area contributed by atoms with Gasteiger partial charge in [0.1, 0.15) is 5.82 Å². The average molecular weight is 271 g/mol. The van der Waals surface area contributed by atoms with Crippen LogP contribution >= 0.6 is 0 Å². The first kappa shape index (κ1) is 13.3. The van der Waals surface area contributed by atoms with E-state index in [2.05, 4.69) is 15.3 Å². The van der Waals surface area contributed by atoms with Crippen LogP contribution in [0.1, 0.15) is 31.4 Å². The molecular formula is C16H21N3O. The highest BCUT2D eigenvalue weighted by molar-refractivity contribution is 5.76. The summed E-state index contributed by atoms with van der Waals surface area (Å²) in [5.41, 5.74) is 2.79. The van der Waals surface area contributed by atoms with E-state index in [0.29, 0.717) is 5.92 Å². The lowest BCUT2D eigenvalue weighted by Gasteiger charge is -2.26. The molecule has 2 aromatic rings. The molecule has 20 heavy (non-hydrogen) atoms. The first-order valence-corrected chi connectivity index (χ1v) is 7.37. The Morgan fingerprint density at radius 1 is 1.20 bits per heavy atom. The number of aliphatic hydroxyl groups excluding tert-OH is 1. The average Bonchev–Trinajstić information content (AvgIpc) is 2.45. The third-order valence-electron chi connectivity index (χ3n) is 4.06. The van der Waals surface area contributed by atoms with Crippen LogP contribution in [0.15, 0.2) is 24.3 Å². The van der Waals surface area contributed by atoms with Crippen molar-refractivity contribution < 1.29 is 5.11 Å². The van der Waals surface area contributed by atoms with E-state index in [4.69, 9.17) is 0 Å². The summed E-state index contributed by atoms with van der Waals surface area (Å²) in [6, 6.07) is 7.93. The van der Waals surface area contributed by atoms with E-state index in [-0.39, 0.29) is 6.10 Å². The van der Waals surface area contributed by atoms with Crippen LogP contribution in [-0.4, -0.2) is 27.7 Å². The largest absolute Gasteiger partial charge is 0.393 e. The molecule has 3 rings (SSSR count). The highest BCUT2D eigenvalue weighted by Crippen LogP contribution is 2.25. The predicted molar refractivity (Wildman–Crippen MR) is 80.7 cm³/mol. The molecule has 4 nitrogen and oxygen atoms in total. The first-order chi connectivity index (χ1) is 9.72. The van der Waals surface area contributed by atoms with Gasteiger partial charge in [-0.2, -0.15) is 0 Å². The number of rotatable bonds is 3. The summed E-state index contributed by atoms with van der Waals surface area (Å²) in [7, 11) is 0. The molecule has 2 N–H and O–H groups in total. The molecule has 0 spiro atoms. The van der Waals surface area contributed by atoms with Gasteiger partial charge >= 0.3 is 0 Å². The molecule has 0 radical (unpaired) electrons. The van der Waals surface area contributed by atoms with Crippen LogP contribution < -0.4 is 5.32 Å². The van der Waals surface area contributed by atoms with Crippen molar-refractivity contribution in [3.63, 3.8) is 0 Å². The summed E-state index contributed by atoms with van der Waals surface area (Å²) < 4.78 is 0. The fourth-order valence-corrected chi connectivity index (χ4v) is 2.94. The van der Waals surface area contributed by atoms with Gasteiger partial charge < -0.3 is 10.4 Å². The molecule has 106 valence electrons. The fraction of sp³-hybridized carbons (Fsp3) is 0.500. The van der Waals surface area contributed by atoms with Crippen LogP contribution in [-0.2, 0) is 0 Å². The summed E-state index contributed by atoms with van der Waals surface area (Å²) in [6.07, 6.45) is 4.03. The van der Waals surface area contributed by atoms with Crippen LogP contribution in [0.2, 0.25) is 0 Å². The molecule has 1 aliphatic rings. The van der Waals surface area contributed by atoms with Crippen LogP contribution in [0.4, 0.5) is 5.82 Å². The third kappa shape index (κ3) is 2.90. The molecule has 2 atom stereocenters. The van der Waals surface area contributed by atoms with Gasteiger partial charge in [-0.15, -0.1) is 0 Å². The van der Waals surface area contributed by atoms with Crippen molar-refractivity contribution in [2.75, 3.05) is 11.9 Å². The highest BCUT2D eigenvalue weighted by atomic mass is 16.3. The van der Waals surface area contributed by atoms with Crippen LogP contribution in [0.5, 0.6) is 0 Å². The lowest BCUT2D eigenvalue weighted by atomic mass is 9.87. The number of nitrogens with one attached hydrogen (secondary N) is 1. The molecular weight excluding hydrogens is 250 g/mol. The minimum absolute atomic E-state index is 0.126. The second-order valence-corrected chi connectivity index (χ2v) is 5.71. The molecule has 1 aliphatic carbocycles. The van der Waals surface area contributed by atoms with Gasteiger partial charge in [0.25, 0.3) is 0 Å². The van der Waals surface area contributed by atoms with Crippen molar-refractivity contribution in [2.24, 2.45) is 5.92 Å². The van der Waals surface area contributed by atoms with Gasteiger partial charge in [-0.3, -0.25) is 0 Å². The highest BCUT2D eigenvalue weighted by Gasteiger charge is 2.20. The summed E-state index contributed by atoms with van der Waals surface area (Å²) in [4.78, 5) is 9.22. The maximum atomic E-state index is 9.72. The lowest BCUT2D eigenvalue weighted by Crippen LogP contribution is -2.25. The van der Waals surface area contributed by atoms with Crippen molar-refractivity contribution in [1.29, 1.82) is 0 Å². The number of hydrogen-bond acceptors (Lipinski definition) is 4. The quantitative estimate of drug-likeness (QED) is 0.901. The van der Waals surface area contributed by atoms with Gasteiger partial charge in [-0.1, -0.05) is 18.6 Å². The molecule has 2 unspecified atom stereocenters. The summed E-state index contributed by atoms with van der Waals surface area (Å²) in [5, 5.41) is 13.1. The molecule has 0 aliphatic heterocycles. The fourth-order valence-electron chi connectivity index (χ4n) is 2.94. The molecule has 1 heterocycles. The third-order valence-corrected chi connectivity index (χ3v) is 4.06. The van der Waals surface area contributed by atoms with E-state index in [1.165, 1.54) is 6.42 Å². The van der Waals surface area contributed by atoms with E-state index in [1.807, 2.05) is 31.2 Å². The van der Waals surface area contributed by atoms with Gasteiger partial charge in [0.15, 0.2) is 0 Å². The van der Waals surface area contributed by atoms with Crippen molar-refractivity contribution in [2.45, 2.75) is 38.7 Å². The smallest absolute Gasteiger partial charge is 0.148 e. The topological polar surface area (TPSA) is 58.0 Å². The summed E-state index contributed by atoms with van der Waals surface area (Å²) in [5.74, 6) is 1.40. The normalized spacial score (nSPS) is 22.9. The van der Waals surface area contributed by atoms with Crippen LogP contribution in [0.25, 0.3) is 11.0 Å². The number of benzene rings is 1. The maximum Gasteiger partial charge on any atom is 0.148 e. The Bertz CT molecular complexity index is 599. The molecule has 1 aromatic heterocycles. The van der Waals surface area contributed by atoms with Crippen molar-refractivity contribution in [3.05, 3.63) is 30.0 Å². The van der Waals surface area contributed by atoms with Gasteiger partial charge in [-0.25, -0.2) is 9.97 Å². The maximum absolute atomic E-state index is 9.72. The first-order valence-electron chi connectivity index (χ1n) is 7.37. The van der Waals surface area contributed by atoms with E-state index in [1.54, 1.807) is 0 Å². The van der Waals surface area contributed by atoms with E-state index >= 15 is 0 Å². The van der Waals surface area contributed by atoms with E-state index < -0.39 is 0 Å². The molecule has 1 aromatic carbocycles. The van der Waals surface area contributed by atoms with Crippen molar-refractivity contribution in [1.82, 2.24) is 9.97 Å². The molecule has 0 bridgehead atoms. The number of fused-ring (bicyclic) bond motifs is 1. The van der Waals surface area contributed by atoms with E-state index in [0.717, 1.165) is 48.4 Å². The molecule has 0 amide bonds. The van der Waals surface area contributed by atoms with Crippen molar-refractivity contribution >= 4 is 16.9 Å². The molecule has 0 saturated heterocycles. The number of aliphatic hydroxyl groups is 1. The minimum atomic E-state index is -0.126. The zero-order valence-electron chi connectivity index (χ0n) is 11.8. The zero-order chi connectivity index (χ0) is 13.9. The Hall–Kier alpha value is -1.68. The Kier molecular flexibility index (Phi) is 3.83. The van der Waals surface area contributed by atoms with E-state index in [9.17, 15) is 5.11 Å². The Morgan fingerprint density at radius 2 is 1.95 bits per heavy atom. The number of anilines is 1. The number of aromatic nitrogens is 2. The SMILES string of the molecule is Cc1nc2ccccc2nc1NCC1CCCC(O)C1. The summed E-state index contributed by atoms with van der Waals surface area (Å²) >= 11 is 0. The van der Waals surface area contributed by atoms with Crippen LogP contribution in [0.3, 0.4) is 0 Å². The zero-order valence-corrected chi connectivity index (χ0v) is 11.8. The van der Waals surface area contributed by atoms with Gasteiger partial charge in [0.2, 0.25) is 0 Å². The number of nitrogens with zero attached hydrogens (tertiary/aromatic N) is 2. The van der Waals surface area contributed by atoms with Gasteiger partial charge in [0, 0.05) is 6.54 Å². The molecule has 1 saturated carbocycles. The number of aryl methyl sites for hydroxylation is 1. The molecule has 4 heteroatoms. The second-order valence-electron chi connectivity index (χ2n) is 5.71. The second kappa shape index (κ2) is 5.75.